The number of piperazine rings is 2. The molecule has 6 aromatic heterocycles. The van der Waals surface area contributed by atoms with E-state index in [1.54, 1.807) is 31.2 Å². The molecule has 23 heteroatoms. The van der Waals surface area contributed by atoms with Crippen molar-refractivity contribution in [3.05, 3.63) is 127 Å². The first kappa shape index (κ1) is 55.6. The smallest absolute Gasteiger partial charge is 0.236 e. The second-order valence-corrected chi connectivity index (χ2v) is 21.2. The highest BCUT2D eigenvalue weighted by molar-refractivity contribution is 5.81. The number of likely N-dealkylation sites (N-methyl/N-ethyl adjacent to an activating group) is 1. The fraction of sp³-hybridized carbons (Fsp3) is 0.367. The molecule has 4 saturated heterocycles. The number of anilines is 5. The molecule has 0 unspecified atom stereocenters. The summed E-state index contributed by atoms with van der Waals surface area (Å²) in [7, 11) is 2.13. The van der Waals surface area contributed by atoms with Gasteiger partial charge in [-0.3, -0.25) is 9.59 Å². The number of amides is 2. The summed E-state index contributed by atoms with van der Waals surface area (Å²) in [5.41, 5.74) is 7.10. The van der Waals surface area contributed by atoms with Gasteiger partial charge in [-0.05, 0) is 86.8 Å². The number of likely N-dealkylation sites (tertiary alicyclic amines) is 2. The third-order valence-electron chi connectivity index (χ3n) is 15.6. The first-order chi connectivity index (χ1) is 40.6. The van der Waals surface area contributed by atoms with Gasteiger partial charge in [0.25, 0.3) is 0 Å². The van der Waals surface area contributed by atoms with Crippen molar-refractivity contribution < 1.29 is 18.4 Å². The average Bonchev–Trinajstić information content (AvgIpc) is 4.42. The molecule has 10 heterocycles. The predicted molar refractivity (Wildman–Crippen MR) is 313 cm³/mol. The Morgan fingerprint density at radius 3 is 1.67 bits per heavy atom. The van der Waals surface area contributed by atoms with Gasteiger partial charge in [0, 0.05) is 126 Å². The van der Waals surface area contributed by atoms with Crippen LogP contribution < -0.4 is 31.1 Å². The van der Waals surface area contributed by atoms with Crippen LogP contribution in [0.5, 0.6) is 0 Å². The Balaban J connectivity index is 0.000000174. The second kappa shape index (κ2) is 25.6. The van der Waals surface area contributed by atoms with Gasteiger partial charge in [-0.2, -0.15) is 25.1 Å². The molecule has 8 aromatic rings. The van der Waals surface area contributed by atoms with E-state index in [9.17, 15) is 9.59 Å². The molecule has 4 fully saturated rings. The van der Waals surface area contributed by atoms with Crippen LogP contribution in [0, 0.1) is 34.3 Å². The van der Waals surface area contributed by atoms with E-state index >= 15 is 8.78 Å². The molecule has 2 amide bonds. The molecular formula is C60H65F2N19O2. The third kappa shape index (κ3) is 12.9. The molecule has 0 saturated carbocycles. The van der Waals surface area contributed by atoms with Crippen molar-refractivity contribution in [2.24, 2.45) is 0 Å². The monoisotopic (exact) mass is 1120 g/mol. The largest absolute Gasteiger partial charge is 0.369 e. The zero-order valence-electron chi connectivity index (χ0n) is 46.3. The van der Waals surface area contributed by atoms with Crippen LogP contribution in [0.4, 0.5) is 37.6 Å². The predicted octanol–water partition coefficient (Wildman–Crippen LogP) is 6.93. The maximum absolute atomic E-state index is 16.2. The number of carbonyl (C=O) groups is 2. The number of nitrogens with zero attached hydrogens (tertiary/aromatic N) is 15. The minimum atomic E-state index is -0.590. The van der Waals surface area contributed by atoms with E-state index in [-0.39, 0.29) is 59.9 Å². The fourth-order valence-electron chi connectivity index (χ4n) is 11.1. The lowest BCUT2D eigenvalue weighted by Crippen LogP contribution is -2.45. The number of rotatable bonds is 14. The average molecular weight is 1120 g/mol. The van der Waals surface area contributed by atoms with Gasteiger partial charge in [0.1, 0.15) is 18.5 Å². The Kier molecular flexibility index (Phi) is 17.2. The van der Waals surface area contributed by atoms with Crippen LogP contribution in [0.3, 0.4) is 0 Å². The molecule has 83 heavy (non-hydrogen) atoms. The van der Waals surface area contributed by atoms with Gasteiger partial charge in [0.15, 0.2) is 34.9 Å². The molecule has 0 radical (unpaired) electrons. The van der Waals surface area contributed by atoms with Gasteiger partial charge in [-0.1, -0.05) is 36.4 Å². The molecule has 0 aliphatic carbocycles. The maximum Gasteiger partial charge on any atom is 0.236 e. The molecule has 426 valence electrons. The minimum absolute atomic E-state index is 0.0615. The van der Waals surface area contributed by atoms with Crippen molar-refractivity contribution in [2.75, 3.05) is 111 Å². The number of aromatic nitrogens is 8. The Morgan fingerprint density at radius 2 is 1.12 bits per heavy atom. The second-order valence-electron chi connectivity index (χ2n) is 21.2. The fourth-order valence-corrected chi connectivity index (χ4v) is 11.1. The van der Waals surface area contributed by atoms with E-state index < -0.39 is 11.6 Å². The summed E-state index contributed by atoms with van der Waals surface area (Å²) in [4.78, 5) is 53.5. The number of piperidine rings is 2. The van der Waals surface area contributed by atoms with Crippen LogP contribution >= 0.6 is 0 Å². The SMILES string of the molecule is CN1CCN(c2ccc(-c3nc(-c4cnn5ccccc45)nc(N[C@@H]4CCCN(C(=O)CC#N)C4)c3F)cc2)CC1.N#CCC(=O)N1CCC[C@@H](Nc2nc(-c3cnn4ccccc34)nc(NCc3ccc(N4CCNCC4)cc3)c2F)C1. The summed E-state index contributed by atoms with van der Waals surface area (Å²) in [6.07, 6.45) is 9.70. The highest BCUT2D eigenvalue weighted by Crippen LogP contribution is 2.34. The molecule has 0 bridgehead atoms. The number of benzene rings is 2. The van der Waals surface area contributed by atoms with Crippen molar-refractivity contribution in [3.8, 4) is 46.2 Å². The van der Waals surface area contributed by atoms with Crippen molar-refractivity contribution in [1.29, 1.82) is 10.5 Å². The normalized spacial score (nSPS) is 17.6. The van der Waals surface area contributed by atoms with E-state index in [1.807, 2.05) is 97.3 Å². The number of hydrogen-bond donors (Lipinski definition) is 4. The summed E-state index contributed by atoms with van der Waals surface area (Å²) >= 11 is 0. The Hall–Kier alpha value is -9.32. The van der Waals surface area contributed by atoms with E-state index in [4.69, 9.17) is 15.5 Å². The zero-order chi connectivity index (χ0) is 57.2. The highest BCUT2D eigenvalue weighted by Gasteiger charge is 2.29. The first-order valence-electron chi connectivity index (χ1n) is 28.2. The van der Waals surface area contributed by atoms with E-state index in [1.165, 1.54) is 5.69 Å². The van der Waals surface area contributed by atoms with Crippen LogP contribution in [0.2, 0.25) is 0 Å². The number of pyridine rings is 2. The van der Waals surface area contributed by atoms with Gasteiger partial charge < -0.3 is 45.8 Å². The minimum Gasteiger partial charge on any atom is -0.369 e. The van der Waals surface area contributed by atoms with Gasteiger partial charge >= 0.3 is 0 Å². The van der Waals surface area contributed by atoms with Crippen molar-refractivity contribution >= 4 is 51.7 Å². The molecule has 4 aliphatic rings. The van der Waals surface area contributed by atoms with Crippen molar-refractivity contribution in [3.63, 3.8) is 0 Å². The molecule has 21 nitrogen and oxygen atoms in total. The lowest BCUT2D eigenvalue weighted by atomic mass is 10.0. The standard InChI is InChI=1S/C30H33FN10O.C30H32FN9O/c31-27-29(34-18-21-6-8-23(9-7-21)39-16-12-33-13-17-39)37-28(24-19-35-41-15-2-1-5-25(24)41)38-30(27)36-22-4-3-14-40(20-22)26(42)10-11-32;1-37-15-17-38(18-16-37)23-9-7-21(8-10-23)28-27(31)30(34-22-5-4-13-39(20-22)26(41)11-12-32)36-29(35-28)24-19-33-40-14-3-2-6-25(24)40/h1-2,5-9,15,19,22,33H,3-4,10,12-14,16-18,20H2,(H2,34,36,37,38);2-3,6-10,14,19,22H,4-5,11,13,15-18,20H2,1H3,(H,34,35,36)/t2*22-/m11/s1. The zero-order valence-corrected chi connectivity index (χ0v) is 46.3. The molecule has 12 rings (SSSR count). The summed E-state index contributed by atoms with van der Waals surface area (Å²) in [6.45, 7) is 10.1. The summed E-state index contributed by atoms with van der Waals surface area (Å²) < 4.78 is 35.6. The Labute approximate surface area is 479 Å². The topological polar surface area (TPSA) is 232 Å². The molecule has 2 atom stereocenters. The van der Waals surface area contributed by atoms with E-state index in [0.29, 0.717) is 61.1 Å². The van der Waals surface area contributed by atoms with Gasteiger partial charge in [0.05, 0.1) is 46.7 Å². The Bertz CT molecular complexity index is 3660. The Morgan fingerprint density at radius 1 is 0.614 bits per heavy atom. The van der Waals surface area contributed by atoms with E-state index in [0.717, 1.165) is 100 Å². The molecule has 4 aliphatic heterocycles. The lowest BCUT2D eigenvalue weighted by Gasteiger charge is -2.34. The van der Waals surface area contributed by atoms with Crippen LogP contribution in [0.1, 0.15) is 44.1 Å². The van der Waals surface area contributed by atoms with Crippen LogP contribution in [0.15, 0.2) is 110 Å². The molecular weight excluding hydrogens is 1060 g/mol. The van der Waals surface area contributed by atoms with Crippen LogP contribution in [-0.2, 0) is 16.1 Å². The number of halogens is 2. The third-order valence-corrected chi connectivity index (χ3v) is 15.6. The number of fused-ring (bicyclic) bond motifs is 2. The number of hydrogen-bond acceptors (Lipinski definition) is 17. The van der Waals surface area contributed by atoms with Crippen molar-refractivity contribution in [1.82, 2.24) is 59.2 Å². The first-order valence-corrected chi connectivity index (χ1v) is 28.2. The summed E-state index contributed by atoms with van der Waals surface area (Å²) in [5.74, 6) is -0.635. The van der Waals surface area contributed by atoms with Crippen LogP contribution in [0.25, 0.3) is 45.1 Å². The van der Waals surface area contributed by atoms with Gasteiger partial charge in [-0.25, -0.2) is 33.4 Å². The summed E-state index contributed by atoms with van der Waals surface area (Å²) in [6, 6.07) is 31.0. The van der Waals surface area contributed by atoms with Gasteiger partial charge in [0.2, 0.25) is 17.6 Å². The molecule has 4 N–H and O–H groups in total. The number of nitrogens with one attached hydrogen (secondary N) is 4. The lowest BCUT2D eigenvalue weighted by molar-refractivity contribution is -0.131. The maximum atomic E-state index is 16.2. The highest BCUT2D eigenvalue weighted by atomic mass is 19.1. The van der Waals surface area contributed by atoms with E-state index in [2.05, 4.69) is 80.3 Å². The van der Waals surface area contributed by atoms with Crippen LogP contribution in [-0.4, -0.2) is 163 Å². The quantitative estimate of drug-likeness (QED) is 0.0864. The summed E-state index contributed by atoms with van der Waals surface area (Å²) in [5, 5.41) is 39.8. The molecule has 0 spiro atoms. The molecule has 2 aromatic carbocycles. The number of nitriles is 2. The van der Waals surface area contributed by atoms with Crippen molar-refractivity contribution in [2.45, 2.75) is 57.2 Å². The number of carbonyl (C=O) groups excluding carboxylic acids is 2. The van der Waals surface area contributed by atoms with Gasteiger partial charge in [-0.15, -0.1) is 0 Å².